The third kappa shape index (κ3) is 4.20. The Morgan fingerprint density at radius 3 is 3.00 bits per heavy atom. The van der Waals surface area contributed by atoms with Crippen molar-refractivity contribution in [2.45, 2.75) is 32.9 Å². The topological polar surface area (TPSA) is 93.2 Å². The number of rotatable bonds is 7. The minimum absolute atomic E-state index is 0.0805. The molecule has 7 heteroatoms. The van der Waals surface area contributed by atoms with Crippen molar-refractivity contribution < 1.29 is 13.7 Å². The fourth-order valence-corrected chi connectivity index (χ4v) is 1.67. The first-order valence-corrected chi connectivity index (χ1v) is 6.48. The van der Waals surface area contributed by atoms with Gasteiger partial charge in [0.25, 0.3) is 0 Å². The molecule has 0 aliphatic rings. The highest BCUT2D eigenvalue weighted by Gasteiger charge is 2.12. The average Bonchev–Trinajstić information content (AvgIpc) is 3.07. The molecule has 0 radical (unpaired) electrons. The van der Waals surface area contributed by atoms with E-state index in [0.29, 0.717) is 31.2 Å². The quantitative estimate of drug-likeness (QED) is 0.778. The lowest BCUT2D eigenvalue weighted by atomic mass is 10.3. The minimum atomic E-state index is -0.297. The summed E-state index contributed by atoms with van der Waals surface area (Å²) in [4.78, 5) is 15.9. The summed E-state index contributed by atoms with van der Waals surface area (Å²) < 4.78 is 10.1. The van der Waals surface area contributed by atoms with Crippen LogP contribution in [0.5, 0.6) is 0 Å². The molecular weight excluding hydrogens is 260 g/mol. The molecule has 0 spiro atoms. The summed E-state index contributed by atoms with van der Waals surface area (Å²) in [5, 5.41) is 9.59. The zero-order valence-electron chi connectivity index (χ0n) is 11.5. The van der Waals surface area contributed by atoms with Gasteiger partial charge in [0.05, 0.1) is 18.8 Å². The van der Waals surface area contributed by atoms with Crippen LogP contribution in [-0.4, -0.2) is 28.6 Å². The Hall–Kier alpha value is -2.15. The molecule has 2 aromatic rings. The van der Waals surface area contributed by atoms with Gasteiger partial charge in [0.15, 0.2) is 5.82 Å². The van der Waals surface area contributed by atoms with Gasteiger partial charge in [0, 0.05) is 13.0 Å². The molecule has 0 aliphatic carbocycles. The second-order valence-electron chi connectivity index (χ2n) is 4.46. The van der Waals surface area contributed by atoms with Crippen molar-refractivity contribution >= 4 is 5.91 Å². The van der Waals surface area contributed by atoms with Crippen molar-refractivity contribution in [2.24, 2.45) is 0 Å². The number of carbonyl (C=O) groups is 1. The number of carbonyl (C=O) groups excluding carboxylic acids is 1. The van der Waals surface area contributed by atoms with E-state index in [0.717, 1.165) is 5.76 Å². The van der Waals surface area contributed by atoms with Crippen molar-refractivity contribution in [2.75, 3.05) is 6.54 Å². The Bertz CT molecular complexity index is 536. The first-order chi connectivity index (χ1) is 9.65. The van der Waals surface area contributed by atoms with Crippen LogP contribution in [0.15, 0.2) is 27.3 Å². The smallest absolute Gasteiger partial charge is 0.237 e. The molecule has 20 heavy (non-hydrogen) atoms. The molecule has 1 unspecified atom stereocenters. The third-order valence-electron chi connectivity index (χ3n) is 2.77. The van der Waals surface area contributed by atoms with Crippen LogP contribution in [-0.2, 0) is 17.8 Å². The van der Waals surface area contributed by atoms with E-state index in [9.17, 15) is 4.79 Å². The summed E-state index contributed by atoms with van der Waals surface area (Å²) in [7, 11) is 0. The monoisotopic (exact) mass is 278 g/mol. The van der Waals surface area contributed by atoms with E-state index in [-0.39, 0.29) is 11.9 Å². The zero-order valence-corrected chi connectivity index (χ0v) is 11.5. The van der Waals surface area contributed by atoms with Crippen LogP contribution in [0.25, 0.3) is 0 Å². The second kappa shape index (κ2) is 6.85. The Labute approximate surface area is 116 Å². The second-order valence-corrected chi connectivity index (χ2v) is 4.46. The summed E-state index contributed by atoms with van der Waals surface area (Å²) in [6.07, 6.45) is 2.17. The van der Waals surface area contributed by atoms with Gasteiger partial charge in [0.1, 0.15) is 5.76 Å². The molecule has 0 aromatic carbocycles. The van der Waals surface area contributed by atoms with Gasteiger partial charge >= 0.3 is 0 Å². The van der Waals surface area contributed by atoms with E-state index in [2.05, 4.69) is 20.8 Å². The Morgan fingerprint density at radius 1 is 1.50 bits per heavy atom. The maximum absolute atomic E-state index is 11.8. The Balaban J connectivity index is 1.66. The summed E-state index contributed by atoms with van der Waals surface area (Å²) in [6.45, 7) is 4.55. The molecule has 0 bridgehead atoms. The van der Waals surface area contributed by atoms with Gasteiger partial charge in [-0.2, -0.15) is 4.98 Å². The fraction of sp³-hybridized carbons (Fsp3) is 0.462. The molecule has 1 amide bonds. The Kier molecular flexibility index (Phi) is 4.89. The number of aromatic nitrogens is 2. The molecule has 2 N–H and O–H groups in total. The maximum Gasteiger partial charge on any atom is 0.237 e. The molecule has 0 saturated heterocycles. The number of nitrogens with zero attached hydrogens (tertiary/aromatic N) is 2. The average molecular weight is 278 g/mol. The summed E-state index contributed by atoms with van der Waals surface area (Å²) in [5.41, 5.74) is 0. The fourth-order valence-electron chi connectivity index (χ4n) is 1.67. The first kappa shape index (κ1) is 14.3. The highest BCUT2D eigenvalue weighted by atomic mass is 16.5. The summed E-state index contributed by atoms with van der Waals surface area (Å²) in [6, 6.07) is 3.31. The van der Waals surface area contributed by atoms with Gasteiger partial charge in [-0.05, 0) is 26.0 Å². The van der Waals surface area contributed by atoms with Crippen molar-refractivity contribution in [3.63, 3.8) is 0 Å². The summed E-state index contributed by atoms with van der Waals surface area (Å²) in [5.74, 6) is 1.83. The molecule has 1 atom stereocenters. The predicted molar refractivity (Wildman–Crippen MR) is 70.8 cm³/mol. The Morgan fingerprint density at radius 2 is 2.35 bits per heavy atom. The van der Waals surface area contributed by atoms with Crippen LogP contribution < -0.4 is 10.6 Å². The highest BCUT2D eigenvalue weighted by Crippen LogP contribution is 1.99. The van der Waals surface area contributed by atoms with Crippen LogP contribution in [0.2, 0.25) is 0 Å². The number of nitrogens with one attached hydrogen (secondary N) is 2. The van der Waals surface area contributed by atoms with Gasteiger partial charge in [-0.1, -0.05) is 5.16 Å². The predicted octanol–water partition coefficient (Wildman–Crippen LogP) is 0.808. The zero-order chi connectivity index (χ0) is 14.4. The van der Waals surface area contributed by atoms with Gasteiger partial charge in [-0.15, -0.1) is 0 Å². The minimum Gasteiger partial charge on any atom is -0.467 e. The highest BCUT2D eigenvalue weighted by molar-refractivity contribution is 5.81. The van der Waals surface area contributed by atoms with Crippen molar-refractivity contribution in [1.29, 1.82) is 0 Å². The van der Waals surface area contributed by atoms with E-state index in [1.54, 1.807) is 26.2 Å². The number of hydrogen-bond acceptors (Lipinski definition) is 6. The van der Waals surface area contributed by atoms with Gasteiger partial charge < -0.3 is 19.6 Å². The van der Waals surface area contributed by atoms with Crippen LogP contribution in [0.1, 0.15) is 24.4 Å². The van der Waals surface area contributed by atoms with Crippen LogP contribution in [0, 0.1) is 6.92 Å². The number of amides is 1. The lowest BCUT2D eigenvalue weighted by molar-refractivity contribution is -0.123. The molecule has 0 saturated carbocycles. The molecule has 2 heterocycles. The van der Waals surface area contributed by atoms with E-state index >= 15 is 0 Å². The molecule has 108 valence electrons. The number of furan rings is 1. The molecule has 7 nitrogen and oxygen atoms in total. The molecule has 2 rings (SSSR count). The normalized spacial score (nSPS) is 12.3. The lowest BCUT2D eigenvalue weighted by Crippen LogP contribution is -2.42. The van der Waals surface area contributed by atoms with Crippen LogP contribution in [0.3, 0.4) is 0 Å². The standard InChI is InChI=1S/C13H18N4O3/c1-9(13(18)15-8-11-4-3-7-19-11)14-6-5-12-16-10(2)17-20-12/h3-4,7,9,14H,5-6,8H2,1-2H3,(H,15,18). The largest absolute Gasteiger partial charge is 0.467 e. The SMILES string of the molecule is Cc1noc(CCNC(C)C(=O)NCc2ccco2)n1. The lowest BCUT2D eigenvalue weighted by Gasteiger charge is -2.12. The van der Waals surface area contributed by atoms with Crippen molar-refractivity contribution in [3.05, 3.63) is 35.9 Å². The van der Waals surface area contributed by atoms with E-state index in [4.69, 9.17) is 8.94 Å². The summed E-state index contributed by atoms with van der Waals surface area (Å²) >= 11 is 0. The van der Waals surface area contributed by atoms with Gasteiger partial charge in [-0.3, -0.25) is 4.79 Å². The molecule has 0 aliphatic heterocycles. The van der Waals surface area contributed by atoms with Crippen molar-refractivity contribution in [1.82, 2.24) is 20.8 Å². The number of hydrogen-bond donors (Lipinski definition) is 2. The van der Waals surface area contributed by atoms with Gasteiger partial charge in [-0.25, -0.2) is 0 Å². The molecular formula is C13H18N4O3. The van der Waals surface area contributed by atoms with E-state index in [1.165, 1.54) is 0 Å². The maximum atomic E-state index is 11.8. The molecule has 0 fully saturated rings. The van der Waals surface area contributed by atoms with Gasteiger partial charge in [0.2, 0.25) is 11.8 Å². The molecule has 2 aromatic heterocycles. The van der Waals surface area contributed by atoms with Crippen molar-refractivity contribution in [3.8, 4) is 0 Å². The third-order valence-corrected chi connectivity index (χ3v) is 2.77. The number of aryl methyl sites for hydroxylation is 1. The van der Waals surface area contributed by atoms with E-state index in [1.807, 2.05) is 6.07 Å². The van der Waals surface area contributed by atoms with E-state index < -0.39 is 0 Å². The van der Waals surface area contributed by atoms with Crippen LogP contribution in [0.4, 0.5) is 0 Å². The first-order valence-electron chi connectivity index (χ1n) is 6.48. The van der Waals surface area contributed by atoms with Crippen LogP contribution >= 0.6 is 0 Å².